The Balaban J connectivity index is 4.83. The second kappa shape index (κ2) is 5.90. The Bertz CT molecular complexity index is 372. The first kappa shape index (κ1) is 17.2. The number of carbonyl (C=O) groups excluding carboxylic acids is 3. The molecule has 0 bridgehead atoms. The third kappa shape index (κ3) is 5.58. The maximum Gasteiger partial charge on any atom is 0.408 e. The van der Waals surface area contributed by atoms with Gasteiger partial charge in [0.25, 0.3) is 5.91 Å². The molecule has 0 fully saturated rings. The summed E-state index contributed by atoms with van der Waals surface area (Å²) < 4.78 is 5.06. The molecule has 0 unspecified atom stereocenters. The number of rotatable bonds is 3. The molecule has 0 aliphatic rings. The molecule has 0 aromatic carbocycles. The number of carbonyl (C=O) groups is 3. The van der Waals surface area contributed by atoms with E-state index in [-0.39, 0.29) is 6.54 Å². The minimum atomic E-state index is -1.28. The maximum absolute atomic E-state index is 12.1. The summed E-state index contributed by atoms with van der Waals surface area (Å²) in [6.45, 7) is 9.84. The highest BCUT2D eigenvalue weighted by Gasteiger charge is 2.36. The molecule has 0 heterocycles. The minimum absolute atomic E-state index is 0.133. The van der Waals surface area contributed by atoms with Crippen LogP contribution in [0.3, 0.4) is 0 Å². The van der Waals surface area contributed by atoms with Crippen LogP contribution in [0.5, 0.6) is 0 Å². The molecular weight excluding hydrogens is 250 g/mol. The van der Waals surface area contributed by atoms with Crippen LogP contribution in [0.15, 0.2) is 0 Å². The van der Waals surface area contributed by atoms with Crippen LogP contribution in [0.2, 0.25) is 0 Å². The number of amides is 4. The predicted octanol–water partition coefficient (Wildman–Crippen LogP) is 1.22. The number of nitrogens with zero attached hydrogens (tertiary/aromatic N) is 1. The normalized spacial score (nSPS) is 11.7. The van der Waals surface area contributed by atoms with Crippen molar-refractivity contribution in [2.75, 3.05) is 6.54 Å². The highest BCUT2D eigenvalue weighted by atomic mass is 16.6. The Labute approximate surface area is 113 Å². The number of imide groups is 1. The third-order valence-electron chi connectivity index (χ3n) is 2.18. The number of likely N-dealkylation sites (N-methyl/N-ethyl adjacent to an activating group) is 1. The van der Waals surface area contributed by atoms with Crippen molar-refractivity contribution in [1.29, 1.82) is 0 Å². The Hall–Kier alpha value is -1.79. The van der Waals surface area contributed by atoms with E-state index < -0.39 is 29.2 Å². The summed E-state index contributed by atoms with van der Waals surface area (Å²) in [6, 6.07) is -0.855. The number of alkyl carbamates (subject to hydrolysis) is 1. The van der Waals surface area contributed by atoms with E-state index in [2.05, 4.69) is 5.32 Å². The van der Waals surface area contributed by atoms with Crippen molar-refractivity contribution >= 4 is 18.0 Å². The summed E-state index contributed by atoms with van der Waals surface area (Å²) in [7, 11) is 0. The standard InChI is InChI=1S/C12H23N3O4/c1-7-15(9(13)17)8(16)12(5,6)14-10(18)19-11(2,3)4/h7H2,1-6H3,(H2,13,17)(H,14,18). The number of ether oxygens (including phenoxy) is 1. The first-order valence-corrected chi connectivity index (χ1v) is 6.03. The van der Waals surface area contributed by atoms with Crippen LogP contribution in [-0.2, 0) is 9.53 Å². The predicted molar refractivity (Wildman–Crippen MR) is 70.4 cm³/mol. The molecule has 0 atom stereocenters. The smallest absolute Gasteiger partial charge is 0.408 e. The summed E-state index contributed by atoms with van der Waals surface area (Å²) in [5, 5.41) is 2.42. The Morgan fingerprint density at radius 3 is 1.95 bits per heavy atom. The van der Waals surface area contributed by atoms with E-state index in [1.807, 2.05) is 0 Å². The molecule has 0 aliphatic heterocycles. The van der Waals surface area contributed by atoms with E-state index in [4.69, 9.17) is 10.5 Å². The van der Waals surface area contributed by atoms with Gasteiger partial charge in [-0.05, 0) is 41.5 Å². The van der Waals surface area contributed by atoms with E-state index >= 15 is 0 Å². The molecule has 7 nitrogen and oxygen atoms in total. The largest absolute Gasteiger partial charge is 0.444 e. The molecule has 3 N–H and O–H groups in total. The first-order chi connectivity index (χ1) is 8.40. The van der Waals surface area contributed by atoms with Gasteiger partial charge in [-0.15, -0.1) is 0 Å². The summed E-state index contributed by atoms with van der Waals surface area (Å²) in [4.78, 5) is 35.7. The van der Waals surface area contributed by atoms with Crippen molar-refractivity contribution in [2.24, 2.45) is 5.73 Å². The maximum atomic E-state index is 12.1. The number of primary amides is 1. The van der Waals surface area contributed by atoms with Crippen LogP contribution in [0.4, 0.5) is 9.59 Å². The van der Waals surface area contributed by atoms with Crippen LogP contribution in [0, 0.1) is 0 Å². The van der Waals surface area contributed by atoms with Gasteiger partial charge in [-0.3, -0.25) is 9.69 Å². The summed E-state index contributed by atoms with van der Waals surface area (Å²) in [5.41, 5.74) is 3.15. The summed E-state index contributed by atoms with van der Waals surface area (Å²) >= 11 is 0. The van der Waals surface area contributed by atoms with Gasteiger partial charge in [0.2, 0.25) is 0 Å². The van der Waals surface area contributed by atoms with Crippen LogP contribution < -0.4 is 11.1 Å². The second-order valence-corrected chi connectivity index (χ2v) is 5.64. The van der Waals surface area contributed by atoms with Crippen LogP contribution >= 0.6 is 0 Å². The number of nitrogens with two attached hydrogens (primary N) is 1. The lowest BCUT2D eigenvalue weighted by atomic mass is 10.0. The lowest BCUT2D eigenvalue weighted by molar-refractivity contribution is -0.133. The number of nitrogens with one attached hydrogen (secondary N) is 1. The molecule has 0 saturated heterocycles. The number of hydrogen-bond donors (Lipinski definition) is 2. The second-order valence-electron chi connectivity index (χ2n) is 5.64. The van der Waals surface area contributed by atoms with E-state index in [1.54, 1.807) is 27.7 Å². The van der Waals surface area contributed by atoms with Gasteiger partial charge < -0.3 is 15.8 Å². The van der Waals surface area contributed by atoms with Crippen LogP contribution in [0.25, 0.3) is 0 Å². The van der Waals surface area contributed by atoms with E-state index in [0.717, 1.165) is 4.90 Å². The van der Waals surface area contributed by atoms with Crippen molar-refractivity contribution in [2.45, 2.75) is 52.7 Å². The molecule has 4 amide bonds. The van der Waals surface area contributed by atoms with Gasteiger partial charge >= 0.3 is 12.1 Å². The highest BCUT2D eigenvalue weighted by molar-refractivity contribution is 5.99. The molecule has 0 saturated carbocycles. The van der Waals surface area contributed by atoms with Gasteiger partial charge in [0, 0.05) is 6.54 Å². The highest BCUT2D eigenvalue weighted by Crippen LogP contribution is 2.12. The van der Waals surface area contributed by atoms with Gasteiger partial charge in [-0.1, -0.05) is 0 Å². The summed E-state index contributed by atoms with van der Waals surface area (Å²) in [5.74, 6) is -0.589. The molecule has 0 aliphatic carbocycles. The summed E-state index contributed by atoms with van der Waals surface area (Å²) in [6.07, 6.45) is -0.730. The first-order valence-electron chi connectivity index (χ1n) is 6.03. The lowest BCUT2D eigenvalue weighted by Gasteiger charge is -2.30. The molecule has 0 aromatic rings. The average molecular weight is 273 g/mol. The Morgan fingerprint density at radius 2 is 1.63 bits per heavy atom. The topological polar surface area (TPSA) is 102 Å². The molecule has 0 rings (SSSR count). The van der Waals surface area contributed by atoms with Crippen molar-refractivity contribution in [3.05, 3.63) is 0 Å². The molecule has 7 heteroatoms. The van der Waals surface area contributed by atoms with Crippen LogP contribution in [-0.4, -0.2) is 40.6 Å². The zero-order chi connectivity index (χ0) is 15.4. The fraction of sp³-hybridized carbons (Fsp3) is 0.750. The number of urea groups is 1. The van der Waals surface area contributed by atoms with Crippen molar-refractivity contribution in [1.82, 2.24) is 10.2 Å². The van der Waals surface area contributed by atoms with E-state index in [9.17, 15) is 14.4 Å². The van der Waals surface area contributed by atoms with Gasteiger partial charge in [0.1, 0.15) is 11.1 Å². The van der Waals surface area contributed by atoms with Gasteiger partial charge in [-0.25, -0.2) is 9.59 Å². The number of hydrogen-bond acceptors (Lipinski definition) is 4. The average Bonchev–Trinajstić information content (AvgIpc) is 2.13. The Kier molecular flexibility index (Phi) is 5.34. The van der Waals surface area contributed by atoms with Gasteiger partial charge in [0.05, 0.1) is 0 Å². The molecule has 110 valence electrons. The monoisotopic (exact) mass is 273 g/mol. The minimum Gasteiger partial charge on any atom is -0.444 e. The van der Waals surface area contributed by atoms with Crippen molar-refractivity contribution in [3.8, 4) is 0 Å². The fourth-order valence-corrected chi connectivity index (χ4v) is 1.35. The quantitative estimate of drug-likeness (QED) is 0.807. The van der Waals surface area contributed by atoms with Crippen LogP contribution in [0.1, 0.15) is 41.5 Å². The zero-order valence-electron chi connectivity index (χ0n) is 12.4. The molecular formula is C12H23N3O4. The molecule has 0 radical (unpaired) electrons. The molecule has 0 spiro atoms. The SMILES string of the molecule is CCN(C(N)=O)C(=O)C(C)(C)NC(=O)OC(C)(C)C. The molecule has 0 aromatic heterocycles. The van der Waals surface area contributed by atoms with E-state index in [1.165, 1.54) is 13.8 Å². The fourth-order valence-electron chi connectivity index (χ4n) is 1.35. The van der Waals surface area contributed by atoms with E-state index in [0.29, 0.717) is 0 Å². The van der Waals surface area contributed by atoms with Gasteiger partial charge in [0.15, 0.2) is 0 Å². The lowest BCUT2D eigenvalue weighted by Crippen LogP contribution is -2.58. The van der Waals surface area contributed by atoms with Crippen molar-refractivity contribution in [3.63, 3.8) is 0 Å². The molecule has 19 heavy (non-hydrogen) atoms. The Morgan fingerprint density at radius 1 is 1.16 bits per heavy atom. The third-order valence-corrected chi connectivity index (χ3v) is 2.18. The van der Waals surface area contributed by atoms with Crippen molar-refractivity contribution < 1.29 is 19.1 Å². The van der Waals surface area contributed by atoms with Gasteiger partial charge in [-0.2, -0.15) is 0 Å². The zero-order valence-corrected chi connectivity index (χ0v) is 12.4.